The average molecular weight is 225 g/mol. The van der Waals surface area contributed by atoms with Crippen molar-refractivity contribution in [2.45, 2.75) is 26.4 Å². The van der Waals surface area contributed by atoms with E-state index in [0.29, 0.717) is 19.0 Å². The number of nitrogens with one attached hydrogen (secondary N) is 2. The van der Waals surface area contributed by atoms with Crippen molar-refractivity contribution >= 4 is 11.6 Å². The minimum absolute atomic E-state index is 0.226. The van der Waals surface area contributed by atoms with Gasteiger partial charge in [0.25, 0.3) is 0 Å². The zero-order valence-electron chi connectivity index (χ0n) is 9.95. The summed E-state index contributed by atoms with van der Waals surface area (Å²) in [4.78, 5) is 8.00. The summed E-state index contributed by atoms with van der Waals surface area (Å²) in [5.74, 6) is 6.55. The van der Waals surface area contributed by atoms with E-state index in [1.165, 1.54) is 6.33 Å². The maximum atomic E-state index is 5.56. The van der Waals surface area contributed by atoms with E-state index in [-0.39, 0.29) is 5.60 Å². The van der Waals surface area contributed by atoms with Crippen molar-refractivity contribution in [3.8, 4) is 0 Å². The standard InChI is InChI=1S/C10H19N5O/c1-4-16-10(2,3)6-12-8-5-9(15-11)14-7-13-8/h5,7H,4,6,11H2,1-3H3,(H2,12,13,14,15). The van der Waals surface area contributed by atoms with Gasteiger partial charge < -0.3 is 15.5 Å². The highest BCUT2D eigenvalue weighted by Crippen LogP contribution is 2.12. The van der Waals surface area contributed by atoms with Crippen LogP contribution in [0.25, 0.3) is 0 Å². The maximum Gasteiger partial charge on any atom is 0.145 e. The first-order valence-corrected chi connectivity index (χ1v) is 5.24. The Morgan fingerprint density at radius 1 is 1.38 bits per heavy atom. The number of hydrogen-bond acceptors (Lipinski definition) is 6. The second-order valence-electron chi connectivity index (χ2n) is 3.98. The normalized spacial score (nSPS) is 11.2. The van der Waals surface area contributed by atoms with Crippen LogP contribution >= 0.6 is 0 Å². The van der Waals surface area contributed by atoms with Crippen LogP contribution in [0.4, 0.5) is 11.6 Å². The number of aromatic nitrogens is 2. The van der Waals surface area contributed by atoms with Gasteiger partial charge in [-0.15, -0.1) is 0 Å². The molecule has 1 aromatic rings. The summed E-state index contributed by atoms with van der Waals surface area (Å²) in [6.45, 7) is 7.37. The van der Waals surface area contributed by atoms with Crippen LogP contribution in [0.2, 0.25) is 0 Å². The Balaban J connectivity index is 2.53. The molecule has 6 nitrogen and oxygen atoms in total. The molecule has 0 radical (unpaired) electrons. The lowest BCUT2D eigenvalue weighted by Gasteiger charge is -2.25. The van der Waals surface area contributed by atoms with E-state index in [4.69, 9.17) is 10.6 Å². The number of nitrogens with two attached hydrogens (primary N) is 1. The summed E-state index contributed by atoms with van der Waals surface area (Å²) >= 11 is 0. The Kier molecular flexibility index (Phi) is 4.45. The second-order valence-corrected chi connectivity index (χ2v) is 3.98. The van der Waals surface area contributed by atoms with Gasteiger partial charge in [-0.3, -0.25) is 0 Å². The zero-order valence-corrected chi connectivity index (χ0v) is 9.95. The maximum absolute atomic E-state index is 5.56. The van der Waals surface area contributed by atoms with Crippen molar-refractivity contribution in [3.63, 3.8) is 0 Å². The van der Waals surface area contributed by atoms with Crippen LogP contribution in [0, 0.1) is 0 Å². The first-order valence-electron chi connectivity index (χ1n) is 5.24. The molecule has 1 aromatic heterocycles. The molecule has 0 saturated heterocycles. The van der Waals surface area contributed by atoms with Crippen LogP contribution in [-0.4, -0.2) is 28.7 Å². The van der Waals surface area contributed by atoms with Crippen molar-refractivity contribution < 1.29 is 4.74 Å². The smallest absolute Gasteiger partial charge is 0.145 e. The summed E-state index contributed by atoms with van der Waals surface area (Å²) in [5.41, 5.74) is 2.24. The van der Waals surface area contributed by atoms with Crippen LogP contribution in [0.5, 0.6) is 0 Å². The van der Waals surface area contributed by atoms with E-state index in [2.05, 4.69) is 20.7 Å². The van der Waals surface area contributed by atoms with Gasteiger partial charge in [0.2, 0.25) is 0 Å². The number of anilines is 2. The molecule has 0 bridgehead atoms. The Morgan fingerprint density at radius 2 is 2.06 bits per heavy atom. The van der Waals surface area contributed by atoms with Crippen molar-refractivity contribution in [3.05, 3.63) is 12.4 Å². The quantitative estimate of drug-likeness (QED) is 0.494. The van der Waals surface area contributed by atoms with E-state index >= 15 is 0 Å². The molecule has 0 atom stereocenters. The number of hydrogen-bond donors (Lipinski definition) is 3. The van der Waals surface area contributed by atoms with Crippen LogP contribution < -0.4 is 16.6 Å². The van der Waals surface area contributed by atoms with Crippen molar-refractivity contribution in [2.75, 3.05) is 23.9 Å². The zero-order chi connectivity index (χ0) is 12.0. The number of ether oxygens (including phenoxy) is 1. The molecule has 0 spiro atoms. The largest absolute Gasteiger partial charge is 0.374 e. The summed E-state index contributed by atoms with van der Waals surface area (Å²) in [5, 5.41) is 3.17. The monoisotopic (exact) mass is 225 g/mol. The molecule has 6 heteroatoms. The number of hydrazine groups is 1. The lowest BCUT2D eigenvalue weighted by molar-refractivity contribution is 0.000641. The Hall–Kier alpha value is -1.40. The van der Waals surface area contributed by atoms with E-state index in [1.807, 2.05) is 20.8 Å². The van der Waals surface area contributed by atoms with E-state index in [1.54, 1.807) is 6.07 Å². The highest BCUT2D eigenvalue weighted by atomic mass is 16.5. The second kappa shape index (κ2) is 5.62. The molecule has 0 aliphatic carbocycles. The third kappa shape index (κ3) is 4.00. The Labute approximate surface area is 95.6 Å². The molecule has 0 aliphatic heterocycles. The molecule has 16 heavy (non-hydrogen) atoms. The van der Waals surface area contributed by atoms with Gasteiger partial charge in [0.05, 0.1) is 5.60 Å². The molecular weight excluding hydrogens is 206 g/mol. The Bertz CT molecular complexity index is 329. The van der Waals surface area contributed by atoms with Crippen LogP contribution in [0.1, 0.15) is 20.8 Å². The van der Waals surface area contributed by atoms with Gasteiger partial charge in [-0.1, -0.05) is 0 Å². The molecule has 0 amide bonds. The molecule has 0 fully saturated rings. The predicted molar refractivity (Wildman–Crippen MR) is 64.0 cm³/mol. The van der Waals surface area contributed by atoms with Gasteiger partial charge in [-0.05, 0) is 20.8 Å². The van der Waals surface area contributed by atoms with Gasteiger partial charge in [0.15, 0.2) is 0 Å². The predicted octanol–water partition coefficient (Wildman–Crippen LogP) is 0.989. The first-order chi connectivity index (χ1) is 7.57. The third-order valence-corrected chi connectivity index (χ3v) is 2.05. The topological polar surface area (TPSA) is 85.1 Å². The highest BCUT2D eigenvalue weighted by Gasteiger charge is 2.17. The molecule has 0 aliphatic rings. The molecule has 0 unspecified atom stereocenters. The minimum Gasteiger partial charge on any atom is -0.374 e. The lowest BCUT2D eigenvalue weighted by Crippen LogP contribution is -2.33. The van der Waals surface area contributed by atoms with Crippen LogP contribution in [0.15, 0.2) is 12.4 Å². The molecule has 1 heterocycles. The van der Waals surface area contributed by atoms with Gasteiger partial charge in [-0.2, -0.15) is 0 Å². The lowest BCUT2D eigenvalue weighted by atomic mass is 10.1. The highest BCUT2D eigenvalue weighted by molar-refractivity contribution is 5.45. The summed E-state index contributed by atoms with van der Waals surface area (Å²) in [6, 6.07) is 1.74. The van der Waals surface area contributed by atoms with Gasteiger partial charge in [-0.25, -0.2) is 15.8 Å². The van der Waals surface area contributed by atoms with Crippen molar-refractivity contribution in [2.24, 2.45) is 5.84 Å². The van der Waals surface area contributed by atoms with Crippen LogP contribution in [0.3, 0.4) is 0 Å². The van der Waals surface area contributed by atoms with Crippen molar-refractivity contribution in [1.82, 2.24) is 9.97 Å². The van der Waals surface area contributed by atoms with Gasteiger partial charge >= 0.3 is 0 Å². The average Bonchev–Trinajstić information content (AvgIpc) is 2.27. The van der Waals surface area contributed by atoms with E-state index in [0.717, 1.165) is 5.82 Å². The first kappa shape index (κ1) is 12.7. The Morgan fingerprint density at radius 3 is 2.69 bits per heavy atom. The van der Waals surface area contributed by atoms with Crippen LogP contribution in [-0.2, 0) is 4.74 Å². The number of nitrogens with zero attached hydrogens (tertiary/aromatic N) is 2. The fraction of sp³-hybridized carbons (Fsp3) is 0.600. The van der Waals surface area contributed by atoms with Gasteiger partial charge in [0, 0.05) is 19.2 Å². The van der Waals surface area contributed by atoms with Gasteiger partial charge in [0.1, 0.15) is 18.0 Å². The molecule has 4 N–H and O–H groups in total. The molecule has 0 saturated carbocycles. The third-order valence-electron chi connectivity index (χ3n) is 2.05. The van der Waals surface area contributed by atoms with E-state index in [9.17, 15) is 0 Å². The molecule has 90 valence electrons. The fourth-order valence-electron chi connectivity index (χ4n) is 1.28. The molecule has 1 rings (SSSR count). The summed E-state index contributed by atoms with van der Waals surface area (Å²) in [6.07, 6.45) is 1.45. The minimum atomic E-state index is -0.226. The number of rotatable bonds is 6. The van der Waals surface area contributed by atoms with Crippen molar-refractivity contribution in [1.29, 1.82) is 0 Å². The molecule has 0 aromatic carbocycles. The summed E-state index contributed by atoms with van der Waals surface area (Å²) in [7, 11) is 0. The molecular formula is C10H19N5O. The number of nitrogen functional groups attached to an aromatic ring is 1. The fourth-order valence-corrected chi connectivity index (χ4v) is 1.28. The van der Waals surface area contributed by atoms with E-state index < -0.39 is 0 Å². The summed E-state index contributed by atoms with van der Waals surface area (Å²) < 4.78 is 5.56. The SMILES string of the molecule is CCOC(C)(C)CNc1cc(NN)ncn1.